The molecule has 0 radical (unpaired) electrons. The second kappa shape index (κ2) is 7.46. The van der Waals surface area contributed by atoms with Crippen LogP contribution in [0.15, 0.2) is 28.1 Å². The molecule has 0 saturated heterocycles. The highest BCUT2D eigenvalue weighted by Crippen LogP contribution is 2.29. The maximum atomic E-state index is 12.5. The van der Waals surface area contributed by atoms with Gasteiger partial charge in [0.25, 0.3) is 10.0 Å². The van der Waals surface area contributed by atoms with Crippen LogP contribution in [0.3, 0.4) is 0 Å². The molecule has 1 aromatic rings. The molecule has 0 unspecified atom stereocenters. The largest absolute Gasteiger partial charge is 0.493 e. The number of guanidine groups is 1. The number of hydrogen-bond donors (Lipinski definition) is 3. The number of aliphatic hydroxyl groups excluding tert-OH is 1. The van der Waals surface area contributed by atoms with Crippen LogP contribution in [-0.4, -0.2) is 64.1 Å². The van der Waals surface area contributed by atoms with E-state index >= 15 is 0 Å². The summed E-state index contributed by atoms with van der Waals surface area (Å²) in [7, 11) is -0.910. The zero-order valence-corrected chi connectivity index (χ0v) is 15.6. The Kier molecular flexibility index (Phi) is 5.76. The first-order valence-corrected chi connectivity index (χ1v) is 9.11. The van der Waals surface area contributed by atoms with Crippen molar-refractivity contribution < 1.29 is 23.0 Å². The molecule has 1 aliphatic heterocycles. The summed E-state index contributed by atoms with van der Waals surface area (Å²) < 4.78 is 37.7. The predicted octanol–water partition coefficient (Wildman–Crippen LogP) is -0.0708. The van der Waals surface area contributed by atoms with E-state index in [-0.39, 0.29) is 24.1 Å². The Balaban J connectivity index is 2.15. The Hall–Kier alpha value is -2.04. The van der Waals surface area contributed by atoms with Crippen molar-refractivity contribution in [2.45, 2.75) is 24.3 Å². The van der Waals surface area contributed by atoms with Gasteiger partial charge in [-0.2, -0.15) is 0 Å². The lowest BCUT2D eigenvalue weighted by atomic mass is 10.1. The number of ether oxygens (including phenoxy) is 2. The summed E-state index contributed by atoms with van der Waals surface area (Å²) in [4.78, 5) is 6.11. The monoisotopic (exact) mass is 372 g/mol. The van der Waals surface area contributed by atoms with E-state index in [2.05, 4.69) is 15.0 Å². The van der Waals surface area contributed by atoms with Gasteiger partial charge < -0.3 is 19.9 Å². The molecule has 0 bridgehead atoms. The van der Waals surface area contributed by atoms with Crippen molar-refractivity contribution >= 4 is 16.0 Å². The Morgan fingerprint density at radius 2 is 2.00 bits per heavy atom. The van der Waals surface area contributed by atoms with Gasteiger partial charge in [0.2, 0.25) is 5.96 Å². The number of aliphatic hydroxyl groups is 1. The topological polar surface area (TPSA) is 112 Å². The Morgan fingerprint density at radius 3 is 2.52 bits per heavy atom. The number of nitrogens with zero attached hydrogens (tertiary/aromatic N) is 2. The van der Waals surface area contributed by atoms with Crippen LogP contribution in [0.5, 0.6) is 11.5 Å². The van der Waals surface area contributed by atoms with E-state index in [1.807, 2.05) is 18.7 Å². The molecule has 25 heavy (non-hydrogen) atoms. The second-order valence-electron chi connectivity index (χ2n) is 6.12. The number of sulfonamides is 1. The van der Waals surface area contributed by atoms with Crippen LogP contribution in [0, 0.1) is 0 Å². The summed E-state index contributed by atoms with van der Waals surface area (Å²) in [6.45, 7) is 4.36. The summed E-state index contributed by atoms with van der Waals surface area (Å²) in [5, 5.41) is 12.3. The molecular formula is C15H24N4O5S. The highest BCUT2D eigenvalue weighted by molar-refractivity contribution is 7.90. The van der Waals surface area contributed by atoms with Gasteiger partial charge in [0.15, 0.2) is 11.5 Å². The van der Waals surface area contributed by atoms with Gasteiger partial charge in [-0.15, -0.1) is 0 Å². The summed E-state index contributed by atoms with van der Waals surface area (Å²) in [5.74, 6) is 0.913. The normalized spacial score (nSPS) is 16.0. The van der Waals surface area contributed by atoms with Crippen molar-refractivity contribution in [3.05, 3.63) is 18.2 Å². The Morgan fingerprint density at radius 1 is 1.32 bits per heavy atom. The van der Waals surface area contributed by atoms with Gasteiger partial charge in [-0.3, -0.25) is 4.90 Å². The molecule has 0 aliphatic carbocycles. The lowest BCUT2D eigenvalue weighted by Crippen LogP contribution is -2.57. The van der Waals surface area contributed by atoms with E-state index in [4.69, 9.17) is 9.47 Å². The predicted molar refractivity (Wildman–Crippen MR) is 93.2 cm³/mol. The fourth-order valence-electron chi connectivity index (χ4n) is 2.18. The molecule has 9 nitrogen and oxygen atoms in total. The Bertz CT molecular complexity index is 748. The minimum absolute atomic E-state index is 0.0308. The molecule has 1 heterocycles. The highest BCUT2D eigenvalue weighted by atomic mass is 32.2. The third kappa shape index (κ3) is 4.33. The van der Waals surface area contributed by atoms with Gasteiger partial charge in [-0.05, 0) is 26.0 Å². The first-order valence-electron chi connectivity index (χ1n) is 7.62. The number of benzene rings is 1. The Labute approximate surface area is 147 Å². The van der Waals surface area contributed by atoms with Crippen molar-refractivity contribution in [1.82, 2.24) is 14.9 Å². The third-order valence-electron chi connectivity index (χ3n) is 3.98. The lowest BCUT2D eigenvalue weighted by Gasteiger charge is -2.38. The van der Waals surface area contributed by atoms with Crippen molar-refractivity contribution in [2.24, 2.45) is 4.99 Å². The van der Waals surface area contributed by atoms with Crippen molar-refractivity contribution in [3.63, 3.8) is 0 Å². The summed E-state index contributed by atoms with van der Waals surface area (Å²) >= 11 is 0. The van der Waals surface area contributed by atoms with Crippen molar-refractivity contribution in [2.75, 3.05) is 34.2 Å². The number of aliphatic imine (C=N–C) groups is 1. The first-order chi connectivity index (χ1) is 11.7. The van der Waals surface area contributed by atoms with Gasteiger partial charge in [0.05, 0.1) is 39.1 Å². The van der Waals surface area contributed by atoms with E-state index in [1.54, 1.807) is 0 Å². The summed E-state index contributed by atoms with van der Waals surface area (Å²) in [6, 6.07) is 4.33. The maximum absolute atomic E-state index is 12.5. The average Bonchev–Trinajstić information content (AvgIpc) is 2.61. The highest BCUT2D eigenvalue weighted by Gasteiger charge is 2.29. The van der Waals surface area contributed by atoms with Crippen LogP contribution >= 0.6 is 0 Å². The van der Waals surface area contributed by atoms with Gasteiger partial charge in [0.1, 0.15) is 0 Å². The summed E-state index contributed by atoms with van der Waals surface area (Å²) in [5.41, 5.74) is -0.454. The van der Waals surface area contributed by atoms with Gasteiger partial charge in [0, 0.05) is 11.6 Å². The summed E-state index contributed by atoms with van der Waals surface area (Å²) in [6.07, 6.45) is 0. The molecule has 2 rings (SSSR count). The van der Waals surface area contributed by atoms with Gasteiger partial charge in [-0.25, -0.2) is 18.1 Å². The third-order valence-corrected chi connectivity index (χ3v) is 5.31. The molecule has 0 fully saturated rings. The first kappa shape index (κ1) is 19.3. The van der Waals surface area contributed by atoms with E-state index in [0.717, 1.165) is 0 Å². The second-order valence-corrected chi connectivity index (χ2v) is 7.80. The fraction of sp³-hybridized carbons (Fsp3) is 0.533. The molecule has 0 atom stereocenters. The van der Waals surface area contributed by atoms with Crippen LogP contribution in [0.4, 0.5) is 0 Å². The standard InChI is InChI=1S/C15H24N4O5S/c1-15(2,8-20)19-9-16-14(17-10-19)18-25(21,22)11-5-6-12(23-3)13(7-11)24-4/h5-7,20H,8-10H2,1-4H3,(H2,16,17,18). The molecule has 1 aromatic carbocycles. The fourth-order valence-corrected chi connectivity index (χ4v) is 3.19. The van der Waals surface area contributed by atoms with Crippen molar-refractivity contribution in [1.29, 1.82) is 0 Å². The maximum Gasteiger partial charge on any atom is 0.264 e. The molecule has 10 heteroatoms. The molecule has 0 aromatic heterocycles. The van der Waals surface area contributed by atoms with E-state index < -0.39 is 15.6 Å². The molecule has 140 valence electrons. The minimum atomic E-state index is -3.82. The molecule has 1 aliphatic rings. The van der Waals surface area contributed by atoms with Crippen LogP contribution in [0.25, 0.3) is 0 Å². The minimum Gasteiger partial charge on any atom is -0.493 e. The van der Waals surface area contributed by atoms with E-state index in [1.165, 1.54) is 32.4 Å². The van der Waals surface area contributed by atoms with Gasteiger partial charge in [-0.1, -0.05) is 0 Å². The quantitative estimate of drug-likeness (QED) is 0.641. The molecule has 0 amide bonds. The number of hydrogen-bond acceptors (Lipinski definition) is 8. The number of nitrogens with one attached hydrogen (secondary N) is 2. The van der Waals surface area contributed by atoms with Crippen LogP contribution in [0.2, 0.25) is 0 Å². The SMILES string of the molecule is COc1ccc(S(=O)(=O)NC2=NCN(C(C)(C)CO)CN2)cc1OC. The van der Waals surface area contributed by atoms with E-state index in [9.17, 15) is 13.5 Å². The molecule has 0 spiro atoms. The van der Waals surface area contributed by atoms with Gasteiger partial charge >= 0.3 is 0 Å². The molecular weight excluding hydrogens is 348 g/mol. The number of rotatable bonds is 6. The van der Waals surface area contributed by atoms with Crippen LogP contribution in [-0.2, 0) is 10.0 Å². The lowest BCUT2D eigenvalue weighted by molar-refractivity contribution is 0.0528. The smallest absolute Gasteiger partial charge is 0.264 e. The van der Waals surface area contributed by atoms with Crippen LogP contribution in [0.1, 0.15) is 13.8 Å². The molecule has 0 saturated carbocycles. The average molecular weight is 372 g/mol. The molecule has 3 N–H and O–H groups in total. The van der Waals surface area contributed by atoms with E-state index in [0.29, 0.717) is 18.2 Å². The number of methoxy groups -OCH3 is 2. The zero-order valence-electron chi connectivity index (χ0n) is 14.7. The zero-order chi connectivity index (χ0) is 18.7. The van der Waals surface area contributed by atoms with Crippen molar-refractivity contribution in [3.8, 4) is 11.5 Å². The van der Waals surface area contributed by atoms with Crippen LogP contribution < -0.4 is 19.5 Å².